The molecule has 6 nitrogen and oxygen atoms in total. The lowest BCUT2D eigenvalue weighted by Crippen LogP contribution is -2.24. The van der Waals surface area contributed by atoms with Crippen LogP contribution in [0.5, 0.6) is 0 Å². The molecule has 1 rings (SSSR count). The van der Waals surface area contributed by atoms with Gasteiger partial charge in [-0.05, 0) is 19.1 Å². The largest absolute Gasteiger partial charge is 0.465 e. The zero-order valence-electron chi connectivity index (χ0n) is 10.7. The van der Waals surface area contributed by atoms with E-state index in [4.69, 9.17) is 11.5 Å². The van der Waals surface area contributed by atoms with Crippen LogP contribution in [0.4, 0.5) is 15.8 Å². The summed E-state index contributed by atoms with van der Waals surface area (Å²) < 4.78 is 18.2. The number of carbonyl (C=O) groups excluding carboxylic acids is 2. The number of methoxy groups -OCH3 is 1. The molecule has 0 radical (unpaired) electrons. The van der Waals surface area contributed by atoms with Gasteiger partial charge in [0.25, 0.3) is 0 Å². The maximum absolute atomic E-state index is 13.7. The zero-order chi connectivity index (χ0) is 14.6. The highest BCUT2D eigenvalue weighted by Crippen LogP contribution is 2.23. The molecule has 1 amide bonds. The third-order valence-corrected chi connectivity index (χ3v) is 2.45. The van der Waals surface area contributed by atoms with Crippen LogP contribution in [0.3, 0.4) is 0 Å². The number of hydrogen-bond acceptors (Lipinski definition) is 5. The number of anilines is 2. The van der Waals surface area contributed by atoms with E-state index >= 15 is 0 Å². The standard InChI is InChI=1S/C12H16FN3O3/c1-6(3-11(15)17)16-10-4-7(12(18)19-2)9(14)5-8(10)13/h4-6,16H,3,14H2,1-2H3,(H2,15,17). The van der Waals surface area contributed by atoms with E-state index in [1.54, 1.807) is 6.92 Å². The Hall–Kier alpha value is -2.31. The van der Waals surface area contributed by atoms with Crippen molar-refractivity contribution in [3.8, 4) is 0 Å². The number of hydrogen-bond donors (Lipinski definition) is 3. The van der Waals surface area contributed by atoms with E-state index in [1.807, 2.05) is 0 Å². The molecule has 0 bridgehead atoms. The van der Waals surface area contributed by atoms with E-state index in [2.05, 4.69) is 10.1 Å². The van der Waals surface area contributed by atoms with Crippen molar-refractivity contribution in [2.24, 2.45) is 5.73 Å². The van der Waals surface area contributed by atoms with Crippen molar-refractivity contribution in [2.75, 3.05) is 18.2 Å². The first-order valence-corrected chi connectivity index (χ1v) is 5.57. The van der Waals surface area contributed by atoms with Crippen molar-refractivity contribution in [2.45, 2.75) is 19.4 Å². The third-order valence-electron chi connectivity index (χ3n) is 2.45. The van der Waals surface area contributed by atoms with Crippen LogP contribution in [-0.2, 0) is 9.53 Å². The lowest BCUT2D eigenvalue weighted by molar-refractivity contribution is -0.118. The maximum Gasteiger partial charge on any atom is 0.340 e. The minimum atomic E-state index is -0.664. The molecule has 19 heavy (non-hydrogen) atoms. The molecule has 0 aliphatic rings. The summed E-state index contributed by atoms with van der Waals surface area (Å²) in [6, 6.07) is 1.89. The number of halogens is 1. The smallest absolute Gasteiger partial charge is 0.340 e. The number of nitrogen functional groups attached to an aromatic ring is 1. The fraction of sp³-hybridized carbons (Fsp3) is 0.333. The molecule has 0 aliphatic heterocycles. The molecule has 1 unspecified atom stereocenters. The van der Waals surface area contributed by atoms with E-state index in [0.29, 0.717) is 0 Å². The number of esters is 1. The molecule has 104 valence electrons. The van der Waals surface area contributed by atoms with E-state index in [0.717, 1.165) is 6.07 Å². The molecular weight excluding hydrogens is 253 g/mol. The summed E-state index contributed by atoms with van der Waals surface area (Å²) in [5, 5.41) is 2.75. The van der Waals surface area contributed by atoms with Gasteiger partial charge in [0.1, 0.15) is 5.82 Å². The Bertz CT molecular complexity index is 505. The van der Waals surface area contributed by atoms with Gasteiger partial charge in [-0.15, -0.1) is 0 Å². The molecular formula is C12H16FN3O3. The van der Waals surface area contributed by atoms with Crippen LogP contribution in [0, 0.1) is 5.82 Å². The Morgan fingerprint density at radius 1 is 1.47 bits per heavy atom. The van der Waals surface area contributed by atoms with Gasteiger partial charge >= 0.3 is 5.97 Å². The summed E-state index contributed by atoms with van der Waals surface area (Å²) in [4.78, 5) is 22.2. The van der Waals surface area contributed by atoms with Crippen LogP contribution in [-0.4, -0.2) is 25.0 Å². The average molecular weight is 269 g/mol. The van der Waals surface area contributed by atoms with Crippen LogP contribution in [0.2, 0.25) is 0 Å². The summed E-state index contributed by atoms with van der Waals surface area (Å²) in [5.74, 6) is -1.80. The lowest BCUT2D eigenvalue weighted by atomic mass is 10.1. The van der Waals surface area contributed by atoms with Crippen LogP contribution in [0.15, 0.2) is 12.1 Å². The van der Waals surface area contributed by atoms with Gasteiger partial charge < -0.3 is 21.5 Å². The molecule has 0 aliphatic carbocycles. The predicted molar refractivity (Wildman–Crippen MR) is 69.0 cm³/mol. The van der Waals surface area contributed by atoms with Crippen molar-refractivity contribution in [1.82, 2.24) is 0 Å². The van der Waals surface area contributed by atoms with Crippen LogP contribution in [0.25, 0.3) is 0 Å². The van der Waals surface area contributed by atoms with Crippen molar-refractivity contribution >= 4 is 23.3 Å². The first-order chi connectivity index (χ1) is 8.85. The number of nitrogens with two attached hydrogens (primary N) is 2. The Balaban J connectivity index is 3.01. The SMILES string of the molecule is COC(=O)c1cc(NC(C)CC(N)=O)c(F)cc1N. The summed E-state index contributed by atoms with van der Waals surface area (Å²) >= 11 is 0. The number of rotatable bonds is 5. The molecule has 0 heterocycles. The van der Waals surface area contributed by atoms with Gasteiger partial charge in [-0.1, -0.05) is 0 Å². The molecule has 1 aromatic rings. The van der Waals surface area contributed by atoms with E-state index in [-0.39, 0.29) is 29.4 Å². The lowest BCUT2D eigenvalue weighted by Gasteiger charge is -2.15. The number of benzene rings is 1. The fourth-order valence-corrected chi connectivity index (χ4v) is 1.60. The highest BCUT2D eigenvalue weighted by molar-refractivity contribution is 5.96. The summed E-state index contributed by atoms with van der Waals surface area (Å²) in [5.41, 5.74) is 10.7. The van der Waals surface area contributed by atoms with Crippen molar-refractivity contribution in [1.29, 1.82) is 0 Å². The monoisotopic (exact) mass is 269 g/mol. The summed E-state index contributed by atoms with van der Waals surface area (Å²) in [6.07, 6.45) is 0.0391. The van der Waals surface area contributed by atoms with E-state index < -0.39 is 17.7 Å². The van der Waals surface area contributed by atoms with E-state index in [9.17, 15) is 14.0 Å². The molecule has 0 saturated carbocycles. The zero-order valence-corrected chi connectivity index (χ0v) is 10.7. The Morgan fingerprint density at radius 3 is 2.63 bits per heavy atom. The molecule has 0 fully saturated rings. The van der Waals surface area contributed by atoms with Gasteiger partial charge in [-0.25, -0.2) is 9.18 Å². The van der Waals surface area contributed by atoms with Gasteiger partial charge in [-0.3, -0.25) is 4.79 Å². The van der Waals surface area contributed by atoms with Crippen LogP contribution in [0.1, 0.15) is 23.7 Å². The predicted octanol–water partition coefficient (Wildman–Crippen LogP) is 0.870. The Labute approximate surface area is 109 Å². The minimum Gasteiger partial charge on any atom is -0.465 e. The number of primary amides is 1. The van der Waals surface area contributed by atoms with Crippen molar-refractivity contribution in [3.05, 3.63) is 23.5 Å². The Morgan fingerprint density at radius 2 is 2.11 bits per heavy atom. The van der Waals surface area contributed by atoms with Crippen molar-refractivity contribution < 1.29 is 18.7 Å². The summed E-state index contributed by atoms with van der Waals surface area (Å²) in [7, 11) is 1.20. The second-order valence-corrected chi connectivity index (χ2v) is 4.13. The van der Waals surface area contributed by atoms with Gasteiger partial charge in [-0.2, -0.15) is 0 Å². The quantitative estimate of drug-likeness (QED) is 0.543. The number of carbonyl (C=O) groups is 2. The van der Waals surface area contributed by atoms with Crippen molar-refractivity contribution in [3.63, 3.8) is 0 Å². The maximum atomic E-state index is 13.7. The van der Waals surface area contributed by atoms with E-state index in [1.165, 1.54) is 13.2 Å². The Kier molecular flexibility index (Phi) is 4.68. The van der Waals surface area contributed by atoms with Crippen LogP contribution < -0.4 is 16.8 Å². The van der Waals surface area contributed by atoms with Crippen LogP contribution >= 0.6 is 0 Å². The average Bonchev–Trinajstić information content (AvgIpc) is 2.30. The first kappa shape index (κ1) is 14.7. The highest BCUT2D eigenvalue weighted by Gasteiger charge is 2.16. The summed E-state index contributed by atoms with van der Waals surface area (Å²) in [6.45, 7) is 1.67. The molecule has 7 heteroatoms. The van der Waals surface area contributed by atoms with Gasteiger partial charge in [0, 0.05) is 18.2 Å². The van der Waals surface area contributed by atoms with Gasteiger partial charge in [0.15, 0.2) is 0 Å². The molecule has 0 saturated heterocycles. The first-order valence-electron chi connectivity index (χ1n) is 5.57. The molecule has 1 atom stereocenters. The number of amides is 1. The molecule has 1 aromatic carbocycles. The normalized spacial score (nSPS) is 11.7. The second-order valence-electron chi connectivity index (χ2n) is 4.13. The molecule has 0 aromatic heterocycles. The minimum absolute atomic E-state index is 0.0162. The highest BCUT2D eigenvalue weighted by atomic mass is 19.1. The number of nitrogens with one attached hydrogen (secondary N) is 1. The third kappa shape index (κ3) is 3.84. The van der Waals surface area contributed by atoms with Gasteiger partial charge in [0.05, 0.1) is 18.4 Å². The topological polar surface area (TPSA) is 107 Å². The van der Waals surface area contributed by atoms with Gasteiger partial charge in [0.2, 0.25) is 5.91 Å². The second kappa shape index (κ2) is 6.03. The fourth-order valence-electron chi connectivity index (χ4n) is 1.60. The molecule has 5 N–H and O–H groups in total. The number of ether oxygens (including phenoxy) is 1. The molecule has 0 spiro atoms.